The zero-order valence-electron chi connectivity index (χ0n) is 16.8. The van der Waals surface area contributed by atoms with Crippen molar-refractivity contribution in [1.29, 1.82) is 0 Å². The second kappa shape index (κ2) is 9.09. The minimum absolute atomic E-state index is 0.161. The summed E-state index contributed by atoms with van der Waals surface area (Å²) in [7, 11) is -3.52. The van der Waals surface area contributed by atoms with Crippen LogP contribution in [0.2, 0.25) is 0 Å². The molecule has 166 valence electrons. The number of hydrogen-bond acceptors (Lipinski definition) is 7. The maximum Gasteiger partial charge on any atom is 0.410 e. The molecule has 2 rings (SSSR count). The Morgan fingerprint density at radius 2 is 2.03 bits per heavy atom. The Hall–Kier alpha value is -2.53. The maximum atomic E-state index is 14.8. The number of carbonyl (C=O) groups excluding carboxylic acids is 2. The first-order valence-corrected chi connectivity index (χ1v) is 10.4. The lowest BCUT2D eigenvalue weighted by Crippen LogP contribution is -2.51. The Morgan fingerprint density at radius 1 is 1.37 bits per heavy atom. The average Bonchev–Trinajstić information content (AvgIpc) is 3.07. The van der Waals surface area contributed by atoms with Gasteiger partial charge in [-0.15, -0.1) is 0 Å². The van der Waals surface area contributed by atoms with Crippen LogP contribution in [0.15, 0.2) is 30.9 Å². The lowest BCUT2D eigenvalue weighted by atomic mass is 9.78. The van der Waals surface area contributed by atoms with E-state index in [4.69, 9.17) is 13.7 Å². The molecule has 1 saturated heterocycles. The van der Waals surface area contributed by atoms with Crippen molar-refractivity contribution in [3.63, 3.8) is 0 Å². The van der Waals surface area contributed by atoms with Gasteiger partial charge in [0.05, 0.1) is 13.2 Å². The number of likely N-dealkylation sites (tertiary alicyclic amines) is 1. The fourth-order valence-corrected chi connectivity index (χ4v) is 5.28. The van der Waals surface area contributed by atoms with E-state index in [0.717, 1.165) is 24.1 Å². The molecule has 1 aromatic carbocycles. The van der Waals surface area contributed by atoms with Gasteiger partial charge < -0.3 is 14.4 Å². The van der Waals surface area contributed by atoms with Gasteiger partial charge in [-0.25, -0.2) is 13.6 Å². The van der Waals surface area contributed by atoms with Crippen molar-refractivity contribution in [2.75, 3.05) is 26.8 Å². The van der Waals surface area contributed by atoms with Gasteiger partial charge in [0.15, 0.2) is 0 Å². The lowest BCUT2D eigenvalue weighted by molar-refractivity contribution is -0.147. The highest BCUT2D eigenvalue weighted by atomic mass is 32.2. The summed E-state index contributed by atoms with van der Waals surface area (Å²) in [4.78, 5) is 26.2. The van der Waals surface area contributed by atoms with Crippen LogP contribution in [-0.2, 0) is 34.0 Å². The molecule has 0 bridgehead atoms. The zero-order valence-corrected chi connectivity index (χ0v) is 17.6. The van der Waals surface area contributed by atoms with Crippen molar-refractivity contribution in [3.05, 3.63) is 48.1 Å². The minimum Gasteiger partial charge on any atom is -0.468 e. The number of nitrogens with zero attached hydrogens (tertiary/aromatic N) is 1. The molecular formula is C19H23F2NO7S. The molecule has 1 aliphatic heterocycles. The number of methoxy groups -OCH3 is 1. The zero-order chi connectivity index (χ0) is 22.7. The quantitative estimate of drug-likeness (QED) is 0.359. The molecule has 30 heavy (non-hydrogen) atoms. The Bertz CT molecular complexity index is 935. The molecule has 1 aliphatic rings. The standard InChI is InChI=1S/C19H23F2NO7S/c1-5-8-28-18(24)22-10-16(30(25,26)29-12(2)3)19(11-22,17(23)27-4)14-7-6-13(20)9-15(14)21/h5-7,9,12,16H,1,8,10-11H2,2-4H3/t16-,19-/m1/s1. The van der Waals surface area contributed by atoms with Gasteiger partial charge in [-0.3, -0.25) is 8.98 Å². The summed E-state index contributed by atoms with van der Waals surface area (Å²) in [5.74, 6) is -3.20. The number of ether oxygens (including phenoxy) is 2. The van der Waals surface area contributed by atoms with E-state index in [1.165, 1.54) is 19.9 Å². The predicted octanol–water partition coefficient (Wildman–Crippen LogP) is 2.14. The molecule has 1 heterocycles. The summed E-state index contributed by atoms with van der Waals surface area (Å²) in [6.45, 7) is 5.06. The third-order valence-electron chi connectivity index (χ3n) is 4.60. The van der Waals surface area contributed by atoms with Crippen LogP contribution in [0.5, 0.6) is 0 Å². The van der Waals surface area contributed by atoms with Gasteiger partial charge in [0.1, 0.15) is 28.9 Å². The van der Waals surface area contributed by atoms with E-state index >= 15 is 0 Å². The number of hydrogen-bond donors (Lipinski definition) is 0. The fraction of sp³-hybridized carbons (Fsp3) is 0.474. The van der Waals surface area contributed by atoms with Gasteiger partial charge in [-0.2, -0.15) is 8.42 Å². The summed E-state index contributed by atoms with van der Waals surface area (Å²) in [5, 5.41) is -1.73. The summed E-state index contributed by atoms with van der Waals surface area (Å²) in [6, 6.07) is 2.36. The Labute approximate surface area is 173 Å². The van der Waals surface area contributed by atoms with Crippen molar-refractivity contribution in [2.45, 2.75) is 30.6 Å². The molecule has 2 atom stereocenters. The van der Waals surface area contributed by atoms with E-state index in [9.17, 15) is 26.8 Å². The SMILES string of the molecule is C=CCOC(=O)N1C[C@@H](S(=O)(=O)OC(C)C)[C@](C(=O)OC)(c2ccc(F)cc2F)C1. The molecule has 0 spiro atoms. The van der Waals surface area contributed by atoms with Crippen molar-refractivity contribution >= 4 is 22.2 Å². The van der Waals surface area contributed by atoms with Crippen molar-refractivity contribution in [2.24, 2.45) is 0 Å². The van der Waals surface area contributed by atoms with Crippen molar-refractivity contribution < 1.29 is 40.4 Å². The highest BCUT2D eigenvalue weighted by Gasteiger charge is 2.62. The predicted molar refractivity (Wildman–Crippen MR) is 102 cm³/mol. The lowest BCUT2D eigenvalue weighted by Gasteiger charge is -2.32. The summed E-state index contributed by atoms with van der Waals surface area (Å²) >= 11 is 0. The molecule has 1 amide bonds. The molecule has 1 aromatic rings. The molecular weight excluding hydrogens is 424 g/mol. The number of esters is 1. The molecule has 0 aromatic heterocycles. The van der Waals surface area contributed by atoms with Crippen LogP contribution >= 0.6 is 0 Å². The molecule has 8 nitrogen and oxygen atoms in total. The normalized spacial score (nSPS) is 21.5. The van der Waals surface area contributed by atoms with Crippen LogP contribution in [-0.4, -0.2) is 63.5 Å². The molecule has 1 fully saturated rings. The first-order chi connectivity index (χ1) is 14.0. The Kier molecular flexibility index (Phi) is 7.19. The highest BCUT2D eigenvalue weighted by Crippen LogP contribution is 2.42. The van der Waals surface area contributed by atoms with E-state index < -0.39 is 69.2 Å². The third kappa shape index (κ3) is 4.46. The van der Waals surface area contributed by atoms with E-state index in [1.54, 1.807) is 0 Å². The summed E-state index contributed by atoms with van der Waals surface area (Å²) in [6.07, 6.45) is -0.421. The van der Waals surface area contributed by atoms with Gasteiger partial charge in [0, 0.05) is 24.7 Å². The van der Waals surface area contributed by atoms with Gasteiger partial charge in [-0.05, 0) is 19.9 Å². The first kappa shape index (κ1) is 23.7. The molecule has 0 aliphatic carbocycles. The van der Waals surface area contributed by atoms with E-state index in [1.807, 2.05) is 0 Å². The minimum atomic E-state index is -4.51. The van der Waals surface area contributed by atoms with Crippen LogP contribution in [0.4, 0.5) is 13.6 Å². The van der Waals surface area contributed by atoms with Crippen LogP contribution < -0.4 is 0 Å². The van der Waals surface area contributed by atoms with Crippen LogP contribution in [0.3, 0.4) is 0 Å². The molecule has 0 radical (unpaired) electrons. The number of rotatable bonds is 7. The van der Waals surface area contributed by atoms with Gasteiger partial charge >= 0.3 is 12.1 Å². The highest BCUT2D eigenvalue weighted by molar-refractivity contribution is 7.87. The monoisotopic (exact) mass is 447 g/mol. The number of amides is 1. The number of carbonyl (C=O) groups is 2. The van der Waals surface area contributed by atoms with Crippen LogP contribution in [0.25, 0.3) is 0 Å². The van der Waals surface area contributed by atoms with Crippen molar-refractivity contribution in [3.8, 4) is 0 Å². The second-order valence-electron chi connectivity index (χ2n) is 6.96. The van der Waals surface area contributed by atoms with E-state index in [2.05, 4.69) is 6.58 Å². The smallest absolute Gasteiger partial charge is 0.410 e. The van der Waals surface area contributed by atoms with Gasteiger partial charge in [-0.1, -0.05) is 18.7 Å². The third-order valence-corrected chi connectivity index (χ3v) is 6.50. The molecule has 0 unspecified atom stereocenters. The van der Waals surface area contributed by atoms with Crippen molar-refractivity contribution in [1.82, 2.24) is 4.90 Å². The van der Waals surface area contributed by atoms with E-state index in [-0.39, 0.29) is 6.61 Å². The number of halogens is 2. The Morgan fingerprint density at radius 3 is 2.57 bits per heavy atom. The topological polar surface area (TPSA) is 99.2 Å². The fourth-order valence-electron chi connectivity index (χ4n) is 3.45. The first-order valence-electron chi connectivity index (χ1n) is 8.98. The second-order valence-corrected chi connectivity index (χ2v) is 8.71. The number of benzene rings is 1. The van der Waals surface area contributed by atoms with Crippen LogP contribution in [0, 0.1) is 11.6 Å². The van der Waals surface area contributed by atoms with Gasteiger partial charge in [0.2, 0.25) is 0 Å². The summed E-state index contributed by atoms with van der Waals surface area (Å²) < 4.78 is 69.0. The molecule has 11 heteroatoms. The van der Waals surface area contributed by atoms with Crippen LogP contribution in [0.1, 0.15) is 19.4 Å². The largest absolute Gasteiger partial charge is 0.468 e. The average molecular weight is 447 g/mol. The summed E-state index contributed by atoms with van der Waals surface area (Å²) in [5.41, 5.74) is -2.64. The maximum absolute atomic E-state index is 14.8. The van der Waals surface area contributed by atoms with E-state index in [0.29, 0.717) is 6.07 Å². The Balaban J connectivity index is 2.70. The molecule has 0 N–H and O–H groups in total. The molecule has 0 saturated carbocycles. The van der Waals surface area contributed by atoms with Gasteiger partial charge in [0.25, 0.3) is 10.1 Å².